The number of anilines is 3. The number of likely N-dealkylation sites (tertiary alicyclic amines) is 1. The first-order valence-electron chi connectivity index (χ1n) is 13.6. The Morgan fingerprint density at radius 2 is 1.95 bits per heavy atom. The van der Waals surface area contributed by atoms with Crippen LogP contribution in [0, 0.1) is 0 Å². The van der Waals surface area contributed by atoms with E-state index in [1.54, 1.807) is 31.5 Å². The summed E-state index contributed by atoms with van der Waals surface area (Å²) in [6.45, 7) is 10.6. The molecular formula is C30H37ClN5O4P. The van der Waals surface area contributed by atoms with Crippen LogP contribution in [0.2, 0.25) is 5.02 Å². The molecule has 2 N–H and O–H groups in total. The molecule has 0 spiro atoms. The lowest BCUT2D eigenvalue weighted by Crippen LogP contribution is -2.33. The number of ether oxygens (including phenoxy) is 2. The van der Waals surface area contributed by atoms with Crippen molar-refractivity contribution in [2.24, 2.45) is 0 Å². The second-order valence-corrected chi connectivity index (χ2v) is 13.8. The molecule has 1 amide bonds. The van der Waals surface area contributed by atoms with Crippen LogP contribution in [0.15, 0.2) is 55.3 Å². The van der Waals surface area contributed by atoms with E-state index in [-0.39, 0.29) is 5.91 Å². The van der Waals surface area contributed by atoms with Gasteiger partial charge in [-0.15, -0.1) is 0 Å². The number of halogens is 1. The number of hydrogen-bond acceptors (Lipinski definition) is 8. The third-order valence-corrected chi connectivity index (χ3v) is 8.71. The number of piperidine rings is 1. The van der Waals surface area contributed by atoms with E-state index in [0.29, 0.717) is 57.9 Å². The molecule has 0 bridgehead atoms. The maximum Gasteiger partial charge on any atom is 0.247 e. The van der Waals surface area contributed by atoms with Gasteiger partial charge in [0.2, 0.25) is 11.9 Å². The first-order valence-corrected chi connectivity index (χ1v) is 16.6. The van der Waals surface area contributed by atoms with Gasteiger partial charge in [0.1, 0.15) is 25.2 Å². The molecule has 0 aliphatic carbocycles. The maximum absolute atomic E-state index is 13.5. The van der Waals surface area contributed by atoms with Crippen molar-refractivity contribution < 1.29 is 18.8 Å². The fourth-order valence-electron chi connectivity index (χ4n) is 4.86. The Hall–Kier alpha value is -3.39. The molecule has 1 saturated heterocycles. The fraction of sp³-hybridized carbons (Fsp3) is 0.367. The number of nitrogens with zero attached hydrogens (tertiary/aromatic N) is 3. The number of benzene rings is 2. The van der Waals surface area contributed by atoms with Crippen LogP contribution in [0.4, 0.5) is 17.3 Å². The van der Waals surface area contributed by atoms with Crippen molar-refractivity contribution in [3.05, 3.63) is 71.5 Å². The summed E-state index contributed by atoms with van der Waals surface area (Å²) in [5.41, 5.74) is 2.59. The minimum atomic E-state index is -2.71. The summed E-state index contributed by atoms with van der Waals surface area (Å²) >= 11 is 6.54. The number of rotatable bonds is 12. The number of carbonyl (C=O) groups is 1. The van der Waals surface area contributed by atoms with Crippen LogP contribution in [-0.2, 0) is 15.8 Å². The average Bonchev–Trinajstić information content (AvgIpc) is 2.95. The Morgan fingerprint density at radius 3 is 2.66 bits per heavy atom. The number of carbonyl (C=O) groups excluding carboxylic acids is 1. The normalized spacial score (nSPS) is 13.9. The molecule has 1 aliphatic heterocycles. The number of hydrogen-bond donors (Lipinski definition) is 2. The topological polar surface area (TPSA) is 106 Å². The standard InChI is InChI=1S/C30H37ClN5O4P/c1-5-28(37)33-22-12-13-24(27(19-22)39-2)34-30-32-20-23(31)25(35-30)18-21-10-9-11-26(29(21)41(3,4)38)40-17-16-36-14-7-6-8-15-36/h5,9-13,19-20H,1,6-8,14-18H2,2-4H3,(H,33,37)(H,32,34,35). The fourth-order valence-corrected chi connectivity index (χ4v) is 6.53. The lowest BCUT2D eigenvalue weighted by Gasteiger charge is -2.26. The Balaban J connectivity index is 1.55. The lowest BCUT2D eigenvalue weighted by molar-refractivity contribution is -0.111. The highest BCUT2D eigenvalue weighted by Crippen LogP contribution is 2.41. The molecule has 0 saturated carbocycles. The maximum atomic E-state index is 13.5. The van der Waals surface area contributed by atoms with Gasteiger partial charge in [-0.2, -0.15) is 0 Å². The molecule has 1 aliphatic rings. The lowest BCUT2D eigenvalue weighted by atomic mass is 10.1. The van der Waals surface area contributed by atoms with Crippen LogP contribution < -0.4 is 25.4 Å². The van der Waals surface area contributed by atoms with Crippen LogP contribution in [-0.4, -0.2) is 67.5 Å². The van der Waals surface area contributed by atoms with Crippen LogP contribution in [0.1, 0.15) is 30.5 Å². The van der Waals surface area contributed by atoms with E-state index in [9.17, 15) is 9.36 Å². The van der Waals surface area contributed by atoms with Gasteiger partial charge in [0, 0.05) is 24.7 Å². The molecule has 2 heterocycles. The highest BCUT2D eigenvalue weighted by atomic mass is 35.5. The van der Waals surface area contributed by atoms with Gasteiger partial charge in [-0.3, -0.25) is 9.69 Å². The Morgan fingerprint density at radius 1 is 1.17 bits per heavy atom. The van der Waals surface area contributed by atoms with E-state index in [1.807, 2.05) is 18.2 Å². The monoisotopic (exact) mass is 597 g/mol. The van der Waals surface area contributed by atoms with Crippen molar-refractivity contribution in [3.63, 3.8) is 0 Å². The zero-order chi connectivity index (χ0) is 29.4. The summed E-state index contributed by atoms with van der Waals surface area (Å²) in [4.78, 5) is 23.1. The molecule has 1 fully saturated rings. The summed E-state index contributed by atoms with van der Waals surface area (Å²) in [5, 5.41) is 6.97. The van der Waals surface area contributed by atoms with E-state index in [4.69, 9.17) is 21.1 Å². The quantitative estimate of drug-likeness (QED) is 0.202. The molecule has 0 radical (unpaired) electrons. The minimum Gasteiger partial charge on any atom is -0.494 e. The van der Waals surface area contributed by atoms with Gasteiger partial charge < -0.3 is 24.7 Å². The number of amides is 1. The summed E-state index contributed by atoms with van der Waals surface area (Å²) < 4.78 is 25.2. The average molecular weight is 598 g/mol. The van der Waals surface area contributed by atoms with Gasteiger partial charge in [-0.25, -0.2) is 9.97 Å². The zero-order valence-corrected chi connectivity index (χ0v) is 25.4. The Bertz CT molecular complexity index is 1440. The van der Waals surface area contributed by atoms with Crippen molar-refractivity contribution in [1.29, 1.82) is 0 Å². The molecule has 41 heavy (non-hydrogen) atoms. The van der Waals surface area contributed by atoms with E-state index in [0.717, 1.165) is 25.2 Å². The highest BCUT2D eigenvalue weighted by molar-refractivity contribution is 7.70. The zero-order valence-electron chi connectivity index (χ0n) is 23.8. The van der Waals surface area contributed by atoms with Crippen molar-refractivity contribution in [2.45, 2.75) is 25.7 Å². The first-order chi connectivity index (χ1) is 19.7. The number of aromatic nitrogens is 2. The second-order valence-electron chi connectivity index (χ2n) is 10.3. The third-order valence-electron chi connectivity index (χ3n) is 6.81. The second kappa shape index (κ2) is 14.0. The van der Waals surface area contributed by atoms with Crippen molar-refractivity contribution >= 4 is 47.3 Å². The molecule has 0 unspecified atom stereocenters. The van der Waals surface area contributed by atoms with Gasteiger partial charge >= 0.3 is 0 Å². The van der Waals surface area contributed by atoms with E-state index >= 15 is 0 Å². The summed E-state index contributed by atoms with van der Waals surface area (Å²) in [7, 11) is -1.17. The molecule has 2 aromatic carbocycles. The third kappa shape index (κ3) is 8.32. The highest BCUT2D eigenvalue weighted by Gasteiger charge is 2.23. The summed E-state index contributed by atoms with van der Waals surface area (Å²) in [6.07, 6.45) is 6.82. The predicted molar refractivity (Wildman–Crippen MR) is 166 cm³/mol. The van der Waals surface area contributed by atoms with E-state index in [2.05, 4.69) is 32.1 Å². The van der Waals surface area contributed by atoms with Crippen LogP contribution >= 0.6 is 18.7 Å². The Labute approximate surface area is 246 Å². The molecular weight excluding hydrogens is 561 g/mol. The molecule has 1 aromatic heterocycles. The predicted octanol–water partition coefficient (Wildman–Crippen LogP) is 5.71. The minimum absolute atomic E-state index is 0.317. The first kappa shape index (κ1) is 30.6. The van der Waals surface area contributed by atoms with Gasteiger partial charge in [0.25, 0.3) is 0 Å². The SMILES string of the molecule is C=CC(=O)Nc1ccc(Nc2ncc(Cl)c(Cc3cccc(OCCN4CCCCC4)c3P(C)(C)=O)n2)c(OC)c1. The van der Waals surface area contributed by atoms with Crippen molar-refractivity contribution in [1.82, 2.24) is 14.9 Å². The van der Waals surface area contributed by atoms with Crippen LogP contribution in [0.3, 0.4) is 0 Å². The molecule has 9 nitrogen and oxygen atoms in total. The molecule has 4 rings (SSSR count). The summed E-state index contributed by atoms with van der Waals surface area (Å²) in [6, 6.07) is 10.9. The van der Waals surface area contributed by atoms with Crippen LogP contribution in [0.25, 0.3) is 0 Å². The molecule has 11 heteroatoms. The van der Waals surface area contributed by atoms with Crippen molar-refractivity contribution in [3.8, 4) is 11.5 Å². The van der Waals surface area contributed by atoms with E-state index < -0.39 is 7.14 Å². The van der Waals surface area contributed by atoms with Crippen LogP contribution in [0.5, 0.6) is 11.5 Å². The largest absolute Gasteiger partial charge is 0.494 e. The smallest absolute Gasteiger partial charge is 0.247 e. The van der Waals surface area contributed by atoms with Gasteiger partial charge in [0.15, 0.2) is 0 Å². The molecule has 218 valence electrons. The van der Waals surface area contributed by atoms with Gasteiger partial charge in [-0.1, -0.05) is 36.7 Å². The van der Waals surface area contributed by atoms with Crippen molar-refractivity contribution in [2.75, 3.05) is 57.3 Å². The van der Waals surface area contributed by atoms with Gasteiger partial charge in [0.05, 0.1) is 35.0 Å². The van der Waals surface area contributed by atoms with E-state index in [1.165, 1.54) is 38.6 Å². The number of nitrogens with one attached hydrogen (secondary N) is 2. The summed E-state index contributed by atoms with van der Waals surface area (Å²) in [5.74, 6) is 1.13. The molecule has 0 atom stereocenters. The van der Waals surface area contributed by atoms with Gasteiger partial charge in [-0.05, 0) is 69.1 Å². The number of methoxy groups -OCH3 is 1. The Kier molecular flexibility index (Phi) is 10.4. The molecule has 3 aromatic rings.